The van der Waals surface area contributed by atoms with E-state index in [4.69, 9.17) is 14.2 Å². The van der Waals surface area contributed by atoms with Crippen LogP contribution in [0.15, 0.2) is 41.8 Å². The molecule has 0 unspecified atom stereocenters. The zero-order valence-corrected chi connectivity index (χ0v) is 15.3. The minimum atomic E-state index is -1.10. The maximum Gasteiger partial charge on any atom is 0.349 e. The van der Waals surface area contributed by atoms with Gasteiger partial charge in [0.15, 0.2) is 0 Å². The number of methoxy groups -OCH3 is 1. The molecule has 2 heterocycles. The number of carbonyl (C=O) groups is 2. The Morgan fingerprint density at radius 3 is 2.85 bits per heavy atom. The highest BCUT2D eigenvalue weighted by Crippen LogP contribution is 2.29. The summed E-state index contributed by atoms with van der Waals surface area (Å²) in [4.78, 5) is 25.6. The molecular formula is C19H21NO5S. The van der Waals surface area contributed by atoms with Crippen LogP contribution in [0.5, 0.6) is 5.75 Å². The number of carbonyl (C=O) groups excluding carboxylic acids is 2. The van der Waals surface area contributed by atoms with Crippen LogP contribution in [0.4, 0.5) is 0 Å². The van der Waals surface area contributed by atoms with E-state index in [9.17, 15) is 9.59 Å². The molecule has 1 aromatic heterocycles. The lowest BCUT2D eigenvalue weighted by atomic mass is 10.1. The van der Waals surface area contributed by atoms with E-state index in [-0.39, 0.29) is 6.10 Å². The number of thiophene rings is 1. The molecule has 2 aromatic rings. The third-order valence-electron chi connectivity index (χ3n) is 4.13. The maximum atomic E-state index is 12.8. The van der Waals surface area contributed by atoms with Crippen molar-refractivity contribution in [3.63, 3.8) is 0 Å². The maximum absolute atomic E-state index is 12.8. The molecule has 7 heteroatoms. The first-order valence-corrected chi connectivity index (χ1v) is 9.33. The monoisotopic (exact) mass is 375 g/mol. The highest BCUT2D eigenvalue weighted by atomic mass is 32.1. The van der Waals surface area contributed by atoms with Crippen LogP contribution in [-0.2, 0) is 14.3 Å². The second-order valence-corrected chi connectivity index (χ2v) is 6.83. The Labute approximate surface area is 156 Å². The molecule has 0 aliphatic carbocycles. The summed E-state index contributed by atoms with van der Waals surface area (Å²) in [6, 6.07) is 10.4. The lowest BCUT2D eigenvalue weighted by Gasteiger charge is -2.20. The molecule has 6 nitrogen and oxygen atoms in total. The fraction of sp³-hybridized carbons (Fsp3) is 0.368. The van der Waals surface area contributed by atoms with Crippen LogP contribution in [0.25, 0.3) is 0 Å². The number of para-hydroxylation sites is 1. The molecule has 3 rings (SSSR count). The van der Waals surface area contributed by atoms with Gasteiger partial charge >= 0.3 is 5.97 Å². The third-order valence-corrected chi connectivity index (χ3v) is 4.98. The molecule has 1 fully saturated rings. The summed E-state index contributed by atoms with van der Waals surface area (Å²) in [7, 11) is 1.52. The average molecular weight is 375 g/mol. The summed E-state index contributed by atoms with van der Waals surface area (Å²) in [5, 5.41) is 4.62. The lowest BCUT2D eigenvalue weighted by Crippen LogP contribution is -2.37. The van der Waals surface area contributed by atoms with E-state index >= 15 is 0 Å². The molecule has 26 heavy (non-hydrogen) atoms. The molecule has 0 saturated carbocycles. The number of nitrogens with one attached hydrogen (secondary N) is 1. The van der Waals surface area contributed by atoms with Crippen LogP contribution in [0.3, 0.4) is 0 Å². The van der Waals surface area contributed by atoms with E-state index < -0.39 is 18.0 Å². The Morgan fingerprint density at radius 1 is 1.31 bits per heavy atom. The summed E-state index contributed by atoms with van der Waals surface area (Å²) < 4.78 is 16.4. The number of hydrogen-bond acceptors (Lipinski definition) is 6. The molecular weight excluding hydrogens is 354 g/mol. The summed E-state index contributed by atoms with van der Waals surface area (Å²) in [5.74, 6) is -0.443. The number of rotatable bonds is 7. The highest BCUT2D eigenvalue weighted by Gasteiger charge is 2.29. The smallest absolute Gasteiger partial charge is 0.349 e. The predicted molar refractivity (Wildman–Crippen MR) is 97.5 cm³/mol. The topological polar surface area (TPSA) is 73.9 Å². The van der Waals surface area contributed by atoms with E-state index in [1.807, 2.05) is 0 Å². The van der Waals surface area contributed by atoms with Gasteiger partial charge in [0.05, 0.1) is 13.2 Å². The Kier molecular flexibility index (Phi) is 6.25. The number of hydrogen-bond donors (Lipinski definition) is 1. The van der Waals surface area contributed by atoms with Crippen LogP contribution in [0.1, 0.15) is 34.2 Å². The van der Waals surface area contributed by atoms with Gasteiger partial charge in [0.1, 0.15) is 10.6 Å². The van der Waals surface area contributed by atoms with Gasteiger partial charge in [0.25, 0.3) is 5.91 Å². The molecule has 1 amide bonds. The van der Waals surface area contributed by atoms with Gasteiger partial charge < -0.3 is 19.5 Å². The van der Waals surface area contributed by atoms with E-state index in [1.165, 1.54) is 18.4 Å². The normalized spacial score (nSPS) is 17.5. The van der Waals surface area contributed by atoms with Crippen molar-refractivity contribution in [3.8, 4) is 5.75 Å². The van der Waals surface area contributed by atoms with Crippen molar-refractivity contribution in [2.45, 2.75) is 25.0 Å². The van der Waals surface area contributed by atoms with Crippen LogP contribution < -0.4 is 10.1 Å². The molecule has 1 saturated heterocycles. The van der Waals surface area contributed by atoms with E-state index in [0.29, 0.717) is 29.3 Å². The first-order chi connectivity index (χ1) is 12.7. The summed E-state index contributed by atoms with van der Waals surface area (Å²) in [5.41, 5.74) is 0.504. The molecule has 0 bridgehead atoms. The van der Waals surface area contributed by atoms with Gasteiger partial charge in [-0.25, -0.2) is 4.79 Å². The van der Waals surface area contributed by atoms with E-state index in [1.54, 1.807) is 41.8 Å². The van der Waals surface area contributed by atoms with Crippen molar-refractivity contribution in [2.75, 3.05) is 20.3 Å². The summed E-state index contributed by atoms with van der Waals surface area (Å²) >= 11 is 1.27. The molecule has 1 aliphatic rings. The number of ether oxygens (including phenoxy) is 3. The van der Waals surface area contributed by atoms with Crippen molar-refractivity contribution in [1.29, 1.82) is 0 Å². The first-order valence-electron chi connectivity index (χ1n) is 8.45. The molecule has 2 atom stereocenters. The molecule has 1 N–H and O–H groups in total. The van der Waals surface area contributed by atoms with Gasteiger partial charge in [0, 0.05) is 18.7 Å². The quantitative estimate of drug-likeness (QED) is 0.753. The summed E-state index contributed by atoms with van der Waals surface area (Å²) in [6.07, 6.45) is 0.811. The minimum absolute atomic E-state index is 0.00488. The van der Waals surface area contributed by atoms with Crippen LogP contribution in [0.2, 0.25) is 0 Å². The largest absolute Gasteiger partial charge is 0.496 e. The number of esters is 1. The Hall–Kier alpha value is -2.38. The third kappa shape index (κ3) is 4.42. The van der Waals surface area contributed by atoms with Gasteiger partial charge in [0.2, 0.25) is 6.10 Å². The fourth-order valence-corrected chi connectivity index (χ4v) is 3.42. The lowest BCUT2D eigenvalue weighted by molar-refractivity contribution is -0.130. The zero-order valence-electron chi connectivity index (χ0n) is 14.5. The minimum Gasteiger partial charge on any atom is -0.496 e. The van der Waals surface area contributed by atoms with Gasteiger partial charge in [-0.2, -0.15) is 0 Å². The molecule has 0 radical (unpaired) electrons. The van der Waals surface area contributed by atoms with Crippen molar-refractivity contribution in [1.82, 2.24) is 5.32 Å². The van der Waals surface area contributed by atoms with Crippen molar-refractivity contribution >= 4 is 23.2 Å². The SMILES string of the molecule is COc1ccccc1[C@@H](OC(=O)c1cccs1)C(=O)NC[C@@H]1CCCO1. The van der Waals surface area contributed by atoms with Crippen LogP contribution >= 0.6 is 11.3 Å². The van der Waals surface area contributed by atoms with Crippen molar-refractivity contribution < 1.29 is 23.8 Å². The average Bonchev–Trinajstić information content (AvgIpc) is 3.38. The second-order valence-electron chi connectivity index (χ2n) is 5.88. The van der Waals surface area contributed by atoms with E-state index in [2.05, 4.69) is 5.32 Å². The Morgan fingerprint density at radius 2 is 2.15 bits per heavy atom. The van der Waals surface area contributed by atoms with Gasteiger partial charge in [-0.1, -0.05) is 24.3 Å². The molecule has 1 aliphatic heterocycles. The second kappa shape index (κ2) is 8.82. The van der Waals surface area contributed by atoms with E-state index in [0.717, 1.165) is 12.8 Å². The zero-order chi connectivity index (χ0) is 18.4. The number of amides is 1. The standard InChI is InChI=1S/C19H21NO5S/c1-23-15-8-3-2-7-14(15)17(25-19(22)16-9-5-11-26-16)18(21)20-12-13-6-4-10-24-13/h2-3,5,7-9,11,13,17H,4,6,10,12H2,1H3,(H,20,21)/t13-,17+/m0/s1. The number of benzene rings is 1. The molecule has 0 spiro atoms. The van der Waals surface area contributed by atoms with Crippen molar-refractivity contribution in [3.05, 3.63) is 52.2 Å². The first kappa shape index (κ1) is 18.4. The summed E-state index contributed by atoms with van der Waals surface area (Å²) in [6.45, 7) is 1.10. The molecule has 138 valence electrons. The highest BCUT2D eigenvalue weighted by molar-refractivity contribution is 7.11. The van der Waals surface area contributed by atoms with Crippen molar-refractivity contribution in [2.24, 2.45) is 0 Å². The Balaban J connectivity index is 1.78. The predicted octanol–water partition coefficient (Wildman–Crippen LogP) is 2.95. The van der Waals surface area contributed by atoms with Gasteiger partial charge in [-0.15, -0.1) is 11.3 Å². The Bertz CT molecular complexity index is 740. The van der Waals surface area contributed by atoms with Gasteiger partial charge in [-0.3, -0.25) is 4.79 Å². The van der Waals surface area contributed by atoms with Gasteiger partial charge in [-0.05, 0) is 30.4 Å². The molecule has 1 aromatic carbocycles. The van der Waals surface area contributed by atoms with Crippen LogP contribution in [-0.4, -0.2) is 38.2 Å². The van der Waals surface area contributed by atoms with Crippen LogP contribution in [0, 0.1) is 0 Å². The fourth-order valence-electron chi connectivity index (χ4n) is 2.81.